The predicted molar refractivity (Wildman–Crippen MR) is 74.7 cm³/mol. The topological polar surface area (TPSA) is 97.5 Å². The second-order valence-corrected chi connectivity index (χ2v) is 6.37. The molecular formula is C14H23N3O4. The summed E-state index contributed by atoms with van der Waals surface area (Å²) >= 11 is 0. The number of rotatable bonds is 5. The largest absolute Gasteiger partial charge is 0.444 e. The van der Waals surface area contributed by atoms with Crippen molar-refractivity contribution in [1.82, 2.24) is 15.5 Å². The Kier molecular flexibility index (Phi) is 4.51. The van der Waals surface area contributed by atoms with Crippen LogP contribution < -0.4 is 5.32 Å². The van der Waals surface area contributed by atoms with Gasteiger partial charge in [-0.3, -0.25) is 0 Å². The molecule has 21 heavy (non-hydrogen) atoms. The van der Waals surface area contributed by atoms with Gasteiger partial charge in [-0.25, -0.2) is 4.79 Å². The van der Waals surface area contributed by atoms with Crippen LogP contribution in [0.2, 0.25) is 0 Å². The zero-order chi connectivity index (χ0) is 15.6. The summed E-state index contributed by atoms with van der Waals surface area (Å²) < 4.78 is 10.3. The lowest BCUT2D eigenvalue weighted by Gasteiger charge is -2.24. The van der Waals surface area contributed by atoms with Gasteiger partial charge in [0.15, 0.2) is 11.9 Å². The van der Waals surface area contributed by atoms with E-state index in [-0.39, 0.29) is 5.89 Å². The van der Waals surface area contributed by atoms with Crippen molar-refractivity contribution >= 4 is 6.09 Å². The van der Waals surface area contributed by atoms with Crippen LogP contribution in [0.1, 0.15) is 70.7 Å². The molecule has 0 radical (unpaired) electrons. The lowest BCUT2D eigenvalue weighted by molar-refractivity contribution is 0.0375. The summed E-state index contributed by atoms with van der Waals surface area (Å²) in [5, 5.41) is 16.8. The van der Waals surface area contributed by atoms with E-state index in [4.69, 9.17) is 9.26 Å². The molecule has 0 bridgehead atoms. The molecule has 0 spiro atoms. The summed E-state index contributed by atoms with van der Waals surface area (Å²) in [6.07, 6.45) is 1.02. The first-order valence-electron chi connectivity index (χ1n) is 7.31. The molecule has 1 saturated carbocycles. The van der Waals surface area contributed by atoms with Gasteiger partial charge in [0.25, 0.3) is 5.89 Å². The minimum atomic E-state index is -1.04. The molecule has 2 unspecified atom stereocenters. The molecule has 1 aliphatic carbocycles. The number of aliphatic hydroxyl groups excluding tert-OH is 1. The van der Waals surface area contributed by atoms with Gasteiger partial charge in [-0.15, -0.1) is 0 Å². The van der Waals surface area contributed by atoms with E-state index in [1.165, 1.54) is 0 Å². The standard InChI is InChI=1S/C14H23N3O4/c1-5-9(15-13(19)20-14(2,3)4)10(18)12-16-11(17-21-12)8-6-7-8/h8-10,18H,5-7H2,1-4H3,(H,15,19). The Labute approximate surface area is 124 Å². The molecule has 2 rings (SSSR count). The van der Waals surface area contributed by atoms with Crippen molar-refractivity contribution in [3.05, 3.63) is 11.7 Å². The number of carbonyl (C=O) groups is 1. The van der Waals surface area contributed by atoms with E-state index in [0.717, 1.165) is 12.8 Å². The predicted octanol–water partition coefficient (Wildman–Crippen LogP) is 2.28. The molecule has 0 aromatic carbocycles. The average Bonchev–Trinajstić information content (AvgIpc) is 3.11. The van der Waals surface area contributed by atoms with E-state index in [9.17, 15) is 9.90 Å². The number of ether oxygens (including phenoxy) is 1. The number of aromatic nitrogens is 2. The van der Waals surface area contributed by atoms with Gasteiger partial charge in [0.2, 0.25) is 0 Å². The lowest BCUT2D eigenvalue weighted by Crippen LogP contribution is -2.42. The van der Waals surface area contributed by atoms with Crippen LogP contribution >= 0.6 is 0 Å². The highest BCUT2D eigenvalue weighted by Gasteiger charge is 2.32. The second-order valence-electron chi connectivity index (χ2n) is 6.37. The summed E-state index contributed by atoms with van der Waals surface area (Å²) in [5.41, 5.74) is -0.586. The smallest absolute Gasteiger partial charge is 0.407 e. The van der Waals surface area contributed by atoms with Crippen molar-refractivity contribution in [2.75, 3.05) is 0 Å². The number of nitrogens with zero attached hydrogens (tertiary/aromatic N) is 2. The van der Waals surface area contributed by atoms with Crippen LogP contribution in [0.3, 0.4) is 0 Å². The normalized spacial score (nSPS) is 18.1. The number of amides is 1. The summed E-state index contributed by atoms with van der Waals surface area (Å²) in [7, 11) is 0. The fourth-order valence-corrected chi connectivity index (χ4v) is 1.91. The molecule has 1 amide bonds. The Bertz CT molecular complexity index is 491. The number of nitrogens with one attached hydrogen (secondary N) is 1. The van der Waals surface area contributed by atoms with Gasteiger partial charge in [0.1, 0.15) is 5.60 Å². The quantitative estimate of drug-likeness (QED) is 0.865. The third-order valence-corrected chi connectivity index (χ3v) is 3.18. The van der Waals surface area contributed by atoms with E-state index in [1.54, 1.807) is 20.8 Å². The van der Waals surface area contributed by atoms with Crippen molar-refractivity contribution in [3.8, 4) is 0 Å². The minimum Gasteiger partial charge on any atom is -0.444 e. The van der Waals surface area contributed by atoms with E-state index in [2.05, 4.69) is 15.5 Å². The molecule has 2 atom stereocenters. The summed E-state index contributed by atoms with van der Waals surface area (Å²) in [5.74, 6) is 1.13. The molecule has 0 saturated heterocycles. The number of hydrogen-bond acceptors (Lipinski definition) is 6. The van der Waals surface area contributed by atoms with E-state index in [0.29, 0.717) is 18.2 Å². The Morgan fingerprint density at radius 2 is 2.19 bits per heavy atom. The number of carbonyl (C=O) groups excluding carboxylic acids is 1. The van der Waals surface area contributed by atoms with Crippen LogP contribution in [-0.2, 0) is 4.74 Å². The maximum atomic E-state index is 11.8. The molecule has 1 fully saturated rings. The maximum absolute atomic E-state index is 11.8. The summed E-state index contributed by atoms with van der Waals surface area (Å²) in [4.78, 5) is 16.0. The Morgan fingerprint density at radius 3 is 2.71 bits per heavy atom. The highest BCUT2D eigenvalue weighted by atomic mass is 16.6. The monoisotopic (exact) mass is 297 g/mol. The molecule has 1 aliphatic rings. The molecule has 7 nitrogen and oxygen atoms in total. The second kappa shape index (κ2) is 6.01. The molecular weight excluding hydrogens is 274 g/mol. The SMILES string of the molecule is CCC(NC(=O)OC(C)(C)C)C(O)c1nc(C2CC2)no1. The van der Waals surface area contributed by atoms with Gasteiger partial charge < -0.3 is 19.7 Å². The van der Waals surface area contributed by atoms with E-state index >= 15 is 0 Å². The molecule has 1 aromatic rings. The molecule has 0 aliphatic heterocycles. The Morgan fingerprint density at radius 1 is 1.52 bits per heavy atom. The maximum Gasteiger partial charge on any atom is 0.407 e. The molecule has 2 N–H and O–H groups in total. The summed E-state index contributed by atoms with van der Waals surface area (Å²) in [6.45, 7) is 7.20. The Hall–Kier alpha value is -1.63. The van der Waals surface area contributed by atoms with Crippen LogP contribution in [0.5, 0.6) is 0 Å². The summed E-state index contributed by atoms with van der Waals surface area (Å²) in [6, 6.07) is -0.535. The zero-order valence-corrected chi connectivity index (χ0v) is 12.9. The zero-order valence-electron chi connectivity index (χ0n) is 12.9. The van der Waals surface area contributed by atoms with E-state index in [1.807, 2.05) is 6.92 Å². The Balaban J connectivity index is 1.96. The minimum absolute atomic E-state index is 0.139. The highest BCUT2D eigenvalue weighted by molar-refractivity contribution is 5.68. The van der Waals surface area contributed by atoms with Crippen molar-refractivity contribution in [2.45, 2.75) is 70.6 Å². The van der Waals surface area contributed by atoms with Crippen LogP contribution in [0, 0.1) is 0 Å². The number of alkyl carbamates (subject to hydrolysis) is 1. The van der Waals surface area contributed by atoms with Gasteiger partial charge in [0, 0.05) is 5.92 Å². The lowest BCUT2D eigenvalue weighted by atomic mass is 10.1. The first-order chi connectivity index (χ1) is 9.80. The van der Waals surface area contributed by atoms with Gasteiger partial charge in [-0.1, -0.05) is 12.1 Å². The van der Waals surface area contributed by atoms with E-state index < -0.39 is 23.8 Å². The van der Waals surface area contributed by atoms with Gasteiger partial charge in [0.05, 0.1) is 6.04 Å². The van der Waals surface area contributed by atoms with Crippen LogP contribution in [0.15, 0.2) is 4.52 Å². The van der Waals surface area contributed by atoms with Crippen LogP contribution in [-0.4, -0.2) is 33.0 Å². The van der Waals surface area contributed by atoms with Crippen molar-refractivity contribution in [1.29, 1.82) is 0 Å². The molecule has 7 heteroatoms. The number of aliphatic hydroxyl groups is 1. The third-order valence-electron chi connectivity index (χ3n) is 3.18. The van der Waals surface area contributed by atoms with Crippen LogP contribution in [0.25, 0.3) is 0 Å². The highest BCUT2D eigenvalue weighted by Crippen LogP contribution is 2.38. The van der Waals surface area contributed by atoms with Gasteiger partial charge >= 0.3 is 6.09 Å². The van der Waals surface area contributed by atoms with Crippen LogP contribution in [0.4, 0.5) is 4.79 Å². The fraction of sp³-hybridized carbons (Fsp3) is 0.786. The van der Waals surface area contributed by atoms with Crippen molar-refractivity contribution in [2.24, 2.45) is 0 Å². The number of hydrogen-bond donors (Lipinski definition) is 2. The molecule has 118 valence electrons. The van der Waals surface area contributed by atoms with Crippen molar-refractivity contribution < 1.29 is 19.2 Å². The first kappa shape index (κ1) is 15.8. The molecule has 1 heterocycles. The first-order valence-corrected chi connectivity index (χ1v) is 7.31. The van der Waals surface area contributed by atoms with Gasteiger partial charge in [-0.05, 0) is 40.0 Å². The average molecular weight is 297 g/mol. The van der Waals surface area contributed by atoms with Crippen molar-refractivity contribution in [3.63, 3.8) is 0 Å². The molecule has 1 aromatic heterocycles. The fourth-order valence-electron chi connectivity index (χ4n) is 1.91. The third kappa shape index (κ3) is 4.42. The van der Waals surface area contributed by atoms with Gasteiger partial charge in [-0.2, -0.15) is 4.98 Å².